The van der Waals surface area contributed by atoms with E-state index < -0.39 is 10.0 Å². The predicted molar refractivity (Wildman–Crippen MR) is 84.6 cm³/mol. The highest BCUT2D eigenvalue weighted by Gasteiger charge is 2.27. The molecule has 6 heteroatoms. The molecular formula is C15H20N2O3S. The lowest BCUT2D eigenvalue weighted by Crippen LogP contribution is -2.37. The van der Waals surface area contributed by atoms with E-state index in [2.05, 4.69) is 0 Å². The van der Waals surface area contributed by atoms with Gasteiger partial charge in [0.15, 0.2) is 0 Å². The SMILES string of the molecule is COCC(C)N(C)S(=O)(=O)c1ccc(N)c2ccccc12. The maximum Gasteiger partial charge on any atom is 0.243 e. The number of ether oxygens (including phenoxy) is 1. The van der Waals surface area contributed by atoms with Crippen LogP contribution in [0.4, 0.5) is 5.69 Å². The molecule has 0 aliphatic heterocycles. The third kappa shape index (κ3) is 2.88. The standard InChI is InChI=1S/C15H20N2O3S/c1-11(10-20-3)17(2)21(18,19)15-9-8-14(16)12-6-4-5-7-13(12)15/h4-9,11H,10,16H2,1-3H3. The number of rotatable bonds is 5. The van der Waals surface area contributed by atoms with Crippen LogP contribution in [0.15, 0.2) is 41.3 Å². The molecule has 2 aromatic rings. The van der Waals surface area contributed by atoms with Crippen LogP contribution in [-0.2, 0) is 14.8 Å². The lowest BCUT2D eigenvalue weighted by molar-refractivity contribution is 0.149. The molecule has 5 nitrogen and oxygen atoms in total. The first-order valence-electron chi connectivity index (χ1n) is 6.63. The van der Waals surface area contributed by atoms with Gasteiger partial charge in [0.1, 0.15) is 0 Å². The molecule has 2 N–H and O–H groups in total. The number of nitrogen functional groups attached to an aromatic ring is 1. The van der Waals surface area contributed by atoms with Gasteiger partial charge in [0.25, 0.3) is 0 Å². The number of hydrogen-bond acceptors (Lipinski definition) is 4. The van der Waals surface area contributed by atoms with Crippen molar-refractivity contribution in [2.45, 2.75) is 17.9 Å². The number of fused-ring (bicyclic) bond motifs is 1. The molecule has 0 fully saturated rings. The highest BCUT2D eigenvalue weighted by Crippen LogP contribution is 2.29. The molecule has 114 valence electrons. The first-order chi connectivity index (χ1) is 9.89. The number of hydrogen-bond donors (Lipinski definition) is 1. The second kappa shape index (κ2) is 6.01. The van der Waals surface area contributed by atoms with Crippen LogP contribution >= 0.6 is 0 Å². The zero-order valence-electron chi connectivity index (χ0n) is 12.4. The van der Waals surface area contributed by atoms with Crippen LogP contribution in [0, 0.1) is 0 Å². The fourth-order valence-corrected chi connectivity index (χ4v) is 3.80. The maximum absolute atomic E-state index is 12.8. The minimum Gasteiger partial charge on any atom is -0.398 e. The summed E-state index contributed by atoms with van der Waals surface area (Å²) in [5.74, 6) is 0. The largest absolute Gasteiger partial charge is 0.398 e. The Hall–Kier alpha value is -1.63. The Kier molecular flexibility index (Phi) is 4.51. The molecule has 0 heterocycles. The Labute approximate surface area is 125 Å². The van der Waals surface area contributed by atoms with Gasteiger partial charge < -0.3 is 10.5 Å². The van der Waals surface area contributed by atoms with Crippen molar-refractivity contribution in [3.8, 4) is 0 Å². The molecule has 0 amide bonds. The van der Waals surface area contributed by atoms with Gasteiger partial charge in [0, 0.05) is 36.7 Å². The molecule has 0 aliphatic rings. The van der Waals surface area contributed by atoms with Gasteiger partial charge in [0.05, 0.1) is 11.5 Å². The first kappa shape index (κ1) is 15.8. The average molecular weight is 308 g/mol. The van der Waals surface area contributed by atoms with Crippen molar-refractivity contribution in [1.29, 1.82) is 0 Å². The molecule has 0 spiro atoms. The van der Waals surface area contributed by atoms with Gasteiger partial charge in [-0.15, -0.1) is 0 Å². The van der Waals surface area contributed by atoms with E-state index in [9.17, 15) is 8.42 Å². The van der Waals surface area contributed by atoms with E-state index in [1.54, 1.807) is 45.3 Å². The van der Waals surface area contributed by atoms with E-state index in [-0.39, 0.29) is 10.9 Å². The Morgan fingerprint density at radius 1 is 1.19 bits per heavy atom. The molecule has 0 saturated heterocycles. The molecule has 1 atom stereocenters. The number of benzene rings is 2. The van der Waals surface area contributed by atoms with Gasteiger partial charge in [-0.05, 0) is 19.1 Å². The topological polar surface area (TPSA) is 72.6 Å². The first-order valence-corrected chi connectivity index (χ1v) is 8.07. The second-order valence-electron chi connectivity index (χ2n) is 5.02. The summed E-state index contributed by atoms with van der Waals surface area (Å²) in [7, 11) is -0.495. The molecular weight excluding hydrogens is 288 g/mol. The monoisotopic (exact) mass is 308 g/mol. The Morgan fingerprint density at radius 3 is 2.43 bits per heavy atom. The maximum atomic E-state index is 12.8. The lowest BCUT2D eigenvalue weighted by atomic mass is 10.1. The second-order valence-corrected chi connectivity index (χ2v) is 6.99. The molecule has 2 rings (SSSR count). The number of sulfonamides is 1. The quantitative estimate of drug-likeness (QED) is 0.858. The van der Waals surface area contributed by atoms with Crippen LogP contribution in [0.3, 0.4) is 0 Å². The molecule has 0 aromatic heterocycles. The van der Waals surface area contributed by atoms with Crippen LogP contribution in [0.25, 0.3) is 10.8 Å². The molecule has 0 radical (unpaired) electrons. The smallest absolute Gasteiger partial charge is 0.243 e. The van der Waals surface area contributed by atoms with Crippen molar-refractivity contribution < 1.29 is 13.2 Å². The van der Waals surface area contributed by atoms with E-state index in [0.29, 0.717) is 17.7 Å². The van der Waals surface area contributed by atoms with E-state index in [1.165, 1.54) is 4.31 Å². The zero-order valence-corrected chi connectivity index (χ0v) is 13.2. The molecule has 1 unspecified atom stereocenters. The third-order valence-electron chi connectivity index (χ3n) is 3.60. The summed E-state index contributed by atoms with van der Waals surface area (Å²) >= 11 is 0. The number of nitrogens with zero attached hydrogens (tertiary/aromatic N) is 1. The van der Waals surface area contributed by atoms with Gasteiger partial charge in [-0.2, -0.15) is 4.31 Å². The summed E-state index contributed by atoms with van der Waals surface area (Å²) in [6.07, 6.45) is 0. The normalized spacial score (nSPS) is 13.7. The van der Waals surface area contributed by atoms with Gasteiger partial charge >= 0.3 is 0 Å². The highest BCUT2D eigenvalue weighted by atomic mass is 32.2. The van der Waals surface area contributed by atoms with Gasteiger partial charge in [-0.25, -0.2) is 8.42 Å². The number of methoxy groups -OCH3 is 1. The summed E-state index contributed by atoms with van der Waals surface area (Å²) in [6.45, 7) is 2.14. The fraction of sp³-hybridized carbons (Fsp3) is 0.333. The summed E-state index contributed by atoms with van der Waals surface area (Å²) in [5, 5.41) is 1.38. The van der Waals surface area contributed by atoms with Gasteiger partial charge in [-0.1, -0.05) is 24.3 Å². The molecule has 2 aromatic carbocycles. The van der Waals surface area contributed by atoms with E-state index >= 15 is 0 Å². The molecule has 0 aliphatic carbocycles. The van der Waals surface area contributed by atoms with Crippen molar-refractivity contribution in [2.75, 3.05) is 26.5 Å². The van der Waals surface area contributed by atoms with Crippen LogP contribution in [0.1, 0.15) is 6.92 Å². The molecule has 21 heavy (non-hydrogen) atoms. The zero-order chi connectivity index (χ0) is 15.6. The van der Waals surface area contributed by atoms with Crippen molar-refractivity contribution >= 4 is 26.5 Å². The molecule has 0 bridgehead atoms. The minimum atomic E-state index is -3.61. The minimum absolute atomic E-state index is 0.253. The predicted octanol–water partition coefficient (Wildman–Crippen LogP) is 2.08. The highest BCUT2D eigenvalue weighted by molar-refractivity contribution is 7.89. The van der Waals surface area contributed by atoms with E-state index in [0.717, 1.165) is 5.39 Å². The Bertz CT molecular complexity index is 744. The number of anilines is 1. The summed E-state index contributed by atoms with van der Waals surface area (Å²) < 4.78 is 32.0. The van der Waals surface area contributed by atoms with Crippen molar-refractivity contribution in [3.05, 3.63) is 36.4 Å². The Morgan fingerprint density at radius 2 is 1.81 bits per heavy atom. The summed E-state index contributed by atoms with van der Waals surface area (Å²) in [6, 6.07) is 10.2. The van der Waals surface area contributed by atoms with Crippen LogP contribution in [0.2, 0.25) is 0 Å². The van der Waals surface area contributed by atoms with E-state index in [1.807, 2.05) is 12.1 Å². The van der Waals surface area contributed by atoms with Crippen molar-refractivity contribution in [3.63, 3.8) is 0 Å². The van der Waals surface area contributed by atoms with Crippen LogP contribution < -0.4 is 5.73 Å². The van der Waals surface area contributed by atoms with Crippen LogP contribution in [0.5, 0.6) is 0 Å². The van der Waals surface area contributed by atoms with Crippen molar-refractivity contribution in [1.82, 2.24) is 4.31 Å². The van der Waals surface area contributed by atoms with E-state index in [4.69, 9.17) is 10.5 Å². The van der Waals surface area contributed by atoms with Gasteiger partial charge in [0.2, 0.25) is 10.0 Å². The summed E-state index contributed by atoms with van der Waals surface area (Å²) in [4.78, 5) is 0.262. The number of nitrogens with two attached hydrogens (primary N) is 1. The number of likely N-dealkylation sites (N-methyl/N-ethyl adjacent to an activating group) is 1. The van der Waals surface area contributed by atoms with Crippen LogP contribution in [-0.4, -0.2) is 39.5 Å². The van der Waals surface area contributed by atoms with Crippen molar-refractivity contribution in [2.24, 2.45) is 0 Å². The Balaban J connectivity index is 2.58. The average Bonchev–Trinajstić information content (AvgIpc) is 2.47. The van der Waals surface area contributed by atoms with Gasteiger partial charge in [-0.3, -0.25) is 0 Å². The molecule has 0 saturated carbocycles. The lowest BCUT2D eigenvalue weighted by Gasteiger charge is -2.24. The fourth-order valence-electron chi connectivity index (χ4n) is 2.26. The third-order valence-corrected chi connectivity index (χ3v) is 5.63. The summed E-state index contributed by atoms with van der Waals surface area (Å²) in [5.41, 5.74) is 6.49.